The number of esters is 1. The second kappa shape index (κ2) is 9.42. The highest BCUT2D eigenvalue weighted by atomic mass is 16.5. The summed E-state index contributed by atoms with van der Waals surface area (Å²) in [5.74, 6) is 0.546. The topological polar surface area (TPSA) is 106 Å². The van der Waals surface area contributed by atoms with Crippen molar-refractivity contribution in [3.63, 3.8) is 0 Å². The van der Waals surface area contributed by atoms with Crippen molar-refractivity contribution in [1.82, 2.24) is 35.0 Å². The molecule has 0 N–H and O–H groups in total. The third-order valence-corrected chi connectivity index (χ3v) is 7.82. The number of amides is 1. The van der Waals surface area contributed by atoms with Gasteiger partial charge in [-0.15, -0.1) is 5.10 Å². The van der Waals surface area contributed by atoms with Gasteiger partial charge in [0.05, 0.1) is 11.5 Å². The molecule has 2 aromatic heterocycles. The molecular formula is C26H29N7O3. The molecule has 0 saturated carbocycles. The van der Waals surface area contributed by atoms with E-state index in [1.54, 1.807) is 4.68 Å². The average Bonchev–Trinajstić information content (AvgIpc) is 3.58. The summed E-state index contributed by atoms with van der Waals surface area (Å²) in [7, 11) is 0. The Balaban J connectivity index is 1.06. The molecular weight excluding hydrogens is 458 g/mol. The molecule has 1 fully saturated rings. The molecule has 2 aliphatic heterocycles. The molecule has 0 radical (unpaired) electrons. The first-order valence-corrected chi connectivity index (χ1v) is 12.6. The summed E-state index contributed by atoms with van der Waals surface area (Å²) >= 11 is 0. The van der Waals surface area contributed by atoms with Crippen LogP contribution < -0.4 is 0 Å². The first kappa shape index (κ1) is 22.8. The van der Waals surface area contributed by atoms with Gasteiger partial charge in [-0.25, -0.2) is 9.78 Å². The third kappa shape index (κ3) is 4.15. The highest BCUT2D eigenvalue weighted by Gasteiger charge is 2.32. The fourth-order valence-electron chi connectivity index (χ4n) is 5.66. The Morgan fingerprint density at radius 2 is 2.00 bits per heavy atom. The molecule has 1 atom stereocenters. The van der Waals surface area contributed by atoms with Crippen molar-refractivity contribution >= 4 is 11.9 Å². The molecule has 0 spiro atoms. The lowest BCUT2D eigenvalue weighted by Crippen LogP contribution is -2.50. The number of aryl methyl sites for hydroxylation is 1. The first-order chi connectivity index (χ1) is 17.6. The van der Waals surface area contributed by atoms with Crippen LogP contribution in [0.3, 0.4) is 0 Å². The van der Waals surface area contributed by atoms with Crippen LogP contribution in [0.4, 0.5) is 0 Å². The maximum atomic E-state index is 13.5. The smallest absolute Gasteiger partial charge is 0.338 e. The van der Waals surface area contributed by atoms with E-state index in [9.17, 15) is 9.59 Å². The third-order valence-electron chi connectivity index (χ3n) is 7.82. The Kier molecular flexibility index (Phi) is 5.96. The van der Waals surface area contributed by atoms with Gasteiger partial charge >= 0.3 is 5.97 Å². The van der Waals surface area contributed by atoms with E-state index in [0.717, 1.165) is 75.2 Å². The number of hydrogen-bond donors (Lipinski definition) is 0. The number of nitrogens with zero attached hydrogens (tertiary/aromatic N) is 7. The minimum atomic E-state index is -0.218. The molecule has 0 bridgehead atoms. The van der Waals surface area contributed by atoms with Crippen LogP contribution in [-0.2, 0) is 29.0 Å². The van der Waals surface area contributed by atoms with Crippen LogP contribution in [0.5, 0.6) is 0 Å². The van der Waals surface area contributed by atoms with E-state index in [1.807, 2.05) is 23.1 Å². The van der Waals surface area contributed by atoms with Gasteiger partial charge in [-0.05, 0) is 71.9 Å². The molecule has 36 heavy (non-hydrogen) atoms. The summed E-state index contributed by atoms with van der Waals surface area (Å²) in [6, 6.07) is 7.86. The van der Waals surface area contributed by atoms with Crippen molar-refractivity contribution < 1.29 is 14.3 Å². The van der Waals surface area contributed by atoms with Crippen LogP contribution in [0.25, 0.3) is 5.82 Å². The molecule has 186 valence electrons. The number of fused-ring (bicyclic) bond motifs is 2. The largest absolute Gasteiger partial charge is 0.457 e. The van der Waals surface area contributed by atoms with Crippen LogP contribution >= 0.6 is 0 Å². The highest BCUT2D eigenvalue weighted by Crippen LogP contribution is 2.33. The molecule has 3 aliphatic rings. The number of cyclic esters (lactones) is 1. The monoisotopic (exact) mass is 487 g/mol. The number of carbonyl (C=O) groups is 2. The molecule has 10 nitrogen and oxygen atoms in total. The lowest BCUT2D eigenvalue weighted by atomic mass is 9.84. The Morgan fingerprint density at radius 3 is 2.81 bits per heavy atom. The van der Waals surface area contributed by atoms with Crippen molar-refractivity contribution in [3.8, 4) is 5.82 Å². The average molecular weight is 488 g/mol. The Bertz CT molecular complexity index is 1300. The van der Waals surface area contributed by atoms with Crippen LogP contribution in [0.2, 0.25) is 0 Å². The second-order valence-corrected chi connectivity index (χ2v) is 9.77. The summed E-state index contributed by atoms with van der Waals surface area (Å²) in [4.78, 5) is 34.5. The number of aromatic nitrogens is 5. The minimum absolute atomic E-state index is 0.130. The van der Waals surface area contributed by atoms with E-state index >= 15 is 0 Å². The molecule has 1 aliphatic carbocycles. The van der Waals surface area contributed by atoms with Gasteiger partial charge in [0.1, 0.15) is 12.9 Å². The highest BCUT2D eigenvalue weighted by molar-refractivity contribution is 5.93. The summed E-state index contributed by atoms with van der Waals surface area (Å²) in [6.07, 6.45) is 5.13. The number of hydrogen-bond acceptors (Lipinski definition) is 8. The molecule has 1 saturated heterocycles. The first-order valence-electron chi connectivity index (χ1n) is 12.6. The predicted octanol–water partition coefficient (Wildman–Crippen LogP) is 1.84. The summed E-state index contributed by atoms with van der Waals surface area (Å²) < 4.78 is 6.73. The van der Waals surface area contributed by atoms with Gasteiger partial charge in [0.2, 0.25) is 5.91 Å². The second-order valence-electron chi connectivity index (χ2n) is 9.77. The number of ether oxygens (including phenoxy) is 1. The molecule has 1 amide bonds. The Hall–Kier alpha value is -3.66. The summed E-state index contributed by atoms with van der Waals surface area (Å²) in [5, 5.41) is 11.3. The van der Waals surface area contributed by atoms with Crippen LogP contribution in [-0.4, -0.2) is 79.6 Å². The maximum Gasteiger partial charge on any atom is 0.338 e. The zero-order chi connectivity index (χ0) is 24.6. The van der Waals surface area contributed by atoms with Gasteiger partial charge in [-0.2, -0.15) is 4.68 Å². The standard InChI is InChI=1S/C26H29N7O3/c1-17-18(5-6-21-22(17)15-36-26(21)35)9-10-31-11-13-32(14-12-31)25(34)20-3-2-4-23-19(20)7-8-24(28-23)33-16-27-29-30-33/h5-8,16,20H,2-4,9-15H2,1H3. The van der Waals surface area contributed by atoms with E-state index in [0.29, 0.717) is 18.0 Å². The van der Waals surface area contributed by atoms with Crippen LogP contribution in [0.15, 0.2) is 30.6 Å². The van der Waals surface area contributed by atoms with Crippen molar-refractivity contribution in [2.45, 2.75) is 45.1 Å². The van der Waals surface area contributed by atoms with Crippen LogP contribution in [0, 0.1) is 6.92 Å². The Morgan fingerprint density at radius 1 is 1.14 bits per heavy atom. The number of piperazine rings is 1. The molecule has 1 aromatic carbocycles. The molecule has 10 heteroatoms. The van der Waals surface area contributed by atoms with E-state index in [2.05, 4.69) is 33.4 Å². The number of benzene rings is 1. The van der Waals surface area contributed by atoms with Crippen molar-refractivity contribution in [2.75, 3.05) is 32.7 Å². The van der Waals surface area contributed by atoms with Crippen molar-refractivity contribution in [3.05, 3.63) is 64.1 Å². The van der Waals surface area contributed by atoms with Gasteiger partial charge in [-0.3, -0.25) is 9.69 Å². The molecule has 1 unspecified atom stereocenters. The lowest BCUT2D eigenvalue weighted by molar-refractivity contribution is -0.135. The van der Waals surface area contributed by atoms with Crippen LogP contribution in [0.1, 0.15) is 57.1 Å². The van der Waals surface area contributed by atoms with Gasteiger partial charge in [0.15, 0.2) is 5.82 Å². The Labute approximate surface area is 209 Å². The number of rotatable bonds is 5. The van der Waals surface area contributed by atoms with Gasteiger partial charge in [-0.1, -0.05) is 12.1 Å². The van der Waals surface area contributed by atoms with Gasteiger partial charge in [0.25, 0.3) is 0 Å². The fraction of sp³-hybridized carbons (Fsp3) is 0.462. The quantitative estimate of drug-likeness (QED) is 0.502. The number of pyridine rings is 1. The molecule has 3 aromatic rings. The zero-order valence-corrected chi connectivity index (χ0v) is 20.4. The lowest BCUT2D eigenvalue weighted by Gasteiger charge is -2.37. The van der Waals surface area contributed by atoms with Crippen molar-refractivity contribution in [2.24, 2.45) is 0 Å². The van der Waals surface area contributed by atoms with Gasteiger partial charge < -0.3 is 9.64 Å². The summed E-state index contributed by atoms with van der Waals surface area (Å²) in [5.41, 5.74) is 6.18. The molecule has 6 rings (SSSR count). The maximum absolute atomic E-state index is 13.5. The fourth-order valence-corrected chi connectivity index (χ4v) is 5.66. The van der Waals surface area contributed by atoms with E-state index < -0.39 is 0 Å². The summed E-state index contributed by atoms with van der Waals surface area (Å²) in [6.45, 7) is 6.62. The predicted molar refractivity (Wildman–Crippen MR) is 130 cm³/mol. The van der Waals surface area contributed by atoms with Gasteiger partial charge in [0, 0.05) is 44.0 Å². The SMILES string of the molecule is Cc1c(CCN2CCN(C(=O)C3CCCc4nc(-n5cnnn5)ccc43)CC2)ccc2c1COC2=O. The van der Waals surface area contributed by atoms with Crippen molar-refractivity contribution in [1.29, 1.82) is 0 Å². The molecule has 4 heterocycles. The van der Waals surface area contributed by atoms with E-state index in [4.69, 9.17) is 9.72 Å². The number of tetrazole rings is 1. The minimum Gasteiger partial charge on any atom is -0.457 e. The number of carbonyl (C=O) groups excluding carboxylic acids is 2. The normalized spacial score (nSPS) is 19.6. The zero-order valence-electron chi connectivity index (χ0n) is 20.4. The van der Waals surface area contributed by atoms with E-state index in [1.165, 1.54) is 17.5 Å². The van der Waals surface area contributed by atoms with E-state index in [-0.39, 0.29) is 17.8 Å².